The highest BCUT2D eigenvalue weighted by Crippen LogP contribution is 2.65. The molecule has 0 heterocycles. The molecule has 120 valence electrons. The Labute approximate surface area is 135 Å². The van der Waals surface area contributed by atoms with Crippen LogP contribution in [0.15, 0.2) is 36.0 Å². The minimum Gasteiger partial charge on any atom is -0.389 e. The van der Waals surface area contributed by atoms with Gasteiger partial charge >= 0.3 is 0 Å². The van der Waals surface area contributed by atoms with Crippen LogP contribution in [0.25, 0.3) is 0 Å². The molecule has 4 aliphatic carbocycles. The van der Waals surface area contributed by atoms with Gasteiger partial charge in [0.05, 0.1) is 6.10 Å². The van der Waals surface area contributed by atoms with E-state index in [4.69, 9.17) is 0 Å². The van der Waals surface area contributed by atoms with Crippen LogP contribution >= 0.6 is 0 Å². The number of aliphatic hydroxyl groups is 1. The van der Waals surface area contributed by atoms with Crippen LogP contribution in [0.5, 0.6) is 0 Å². The van der Waals surface area contributed by atoms with Crippen LogP contribution in [0, 0.1) is 28.6 Å². The molecule has 0 aromatic rings. The van der Waals surface area contributed by atoms with Crippen molar-refractivity contribution >= 4 is 0 Å². The molecule has 1 N–H and O–H groups in total. The third-order valence-electron chi connectivity index (χ3n) is 7.95. The first-order valence-corrected chi connectivity index (χ1v) is 9.21. The molecule has 6 unspecified atom stereocenters. The van der Waals surface area contributed by atoms with Crippen molar-refractivity contribution in [1.29, 1.82) is 0 Å². The van der Waals surface area contributed by atoms with Crippen LogP contribution in [0.3, 0.4) is 0 Å². The average Bonchev–Trinajstić information content (AvgIpc) is 2.84. The van der Waals surface area contributed by atoms with Crippen molar-refractivity contribution in [1.82, 2.24) is 0 Å². The fourth-order valence-corrected chi connectivity index (χ4v) is 6.63. The molecule has 4 rings (SSSR count). The summed E-state index contributed by atoms with van der Waals surface area (Å²) < 4.78 is 0. The van der Waals surface area contributed by atoms with Crippen LogP contribution < -0.4 is 0 Å². The van der Waals surface area contributed by atoms with Gasteiger partial charge in [0.2, 0.25) is 0 Å². The van der Waals surface area contributed by atoms with Gasteiger partial charge in [-0.1, -0.05) is 44.2 Å². The van der Waals surface area contributed by atoms with E-state index >= 15 is 0 Å². The zero-order valence-corrected chi connectivity index (χ0v) is 14.1. The van der Waals surface area contributed by atoms with Gasteiger partial charge in [-0.2, -0.15) is 0 Å². The highest BCUT2D eigenvalue weighted by molar-refractivity contribution is 5.34. The van der Waals surface area contributed by atoms with Crippen molar-refractivity contribution in [2.75, 3.05) is 0 Å². The quantitative estimate of drug-likeness (QED) is 0.673. The summed E-state index contributed by atoms with van der Waals surface area (Å²) in [6, 6.07) is 0. The maximum absolute atomic E-state index is 10.0. The summed E-state index contributed by atoms with van der Waals surface area (Å²) in [5, 5.41) is 10.0. The SMILES string of the molecule is C=CC1=CCC2C3CCC4=CC(O)CCC4(C)C3CCC12C. The Kier molecular flexibility index (Phi) is 3.24. The lowest BCUT2D eigenvalue weighted by Gasteiger charge is -2.58. The van der Waals surface area contributed by atoms with Crippen molar-refractivity contribution in [3.8, 4) is 0 Å². The second-order valence-corrected chi connectivity index (χ2v) is 8.69. The summed E-state index contributed by atoms with van der Waals surface area (Å²) in [6.07, 6.45) is 15.2. The van der Waals surface area contributed by atoms with Gasteiger partial charge in [-0.05, 0) is 79.1 Å². The van der Waals surface area contributed by atoms with Gasteiger partial charge in [-0.3, -0.25) is 0 Å². The largest absolute Gasteiger partial charge is 0.389 e. The van der Waals surface area contributed by atoms with Gasteiger partial charge in [0, 0.05) is 0 Å². The number of allylic oxidation sites excluding steroid dienone is 4. The topological polar surface area (TPSA) is 20.2 Å². The van der Waals surface area contributed by atoms with Crippen LogP contribution in [-0.4, -0.2) is 11.2 Å². The fourth-order valence-electron chi connectivity index (χ4n) is 6.63. The Morgan fingerprint density at radius 1 is 1.14 bits per heavy atom. The van der Waals surface area contributed by atoms with E-state index in [0.717, 1.165) is 24.2 Å². The summed E-state index contributed by atoms with van der Waals surface area (Å²) in [4.78, 5) is 0. The predicted octanol–water partition coefficient (Wildman–Crippen LogP) is 5.03. The molecular formula is C21H30O. The van der Waals surface area contributed by atoms with E-state index in [0.29, 0.717) is 10.8 Å². The van der Waals surface area contributed by atoms with Gasteiger partial charge in [-0.15, -0.1) is 0 Å². The Balaban J connectivity index is 1.67. The highest BCUT2D eigenvalue weighted by Gasteiger charge is 2.56. The molecule has 0 amide bonds. The number of fused-ring (bicyclic) bond motifs is 5. The second-order valence-electron chi connectivity index (χ2n) is 8.69. The molecule has 0 spiro atoms. The van der Waals surface area contributed by atoms with Gasteiger partial charge in [-0.25, -0.2) is 0 Å². The molecule has 2 fully saturated rings. The second kappa shape index (κ2) is 4.84. The molecule has 2 saturated carbocycles. The molecule has 0 aromatic carbocycles. The lowest BCUT2D eigenvalue weighted by molar-refractivity contribution is -0.0331. The number of rotatable bonds is 1. The first-order chi connectivity index (χ1) is 10.5. The third kappa shape index (κ3) is 1.81. The summed E-state index contributed by atoms with van der Waals surface area (Å²) in [5.74, 6) is 2.52. The van der Waals surface area contributed by atoms with Crippen LogP contribution in [0.2, 0.25) is 0 Å². The van der Waals surface area contributed by atoms with Crippen molar-refractivity contribution in [3.05, 3.63) is 36.0 Å². The Morgan fingerprint density at radius 2 is 1.91 bits per heavy atom. The van der Waals surface area contributed by atoms with E-state index in [9.17, 15) is 5.11 Å². The standard InChI is InChI=1S/C21H30O/c1-4-14-6-8-18-17-7-5-15-13-16(22)9-11-21(15,3)19(17)10-12-20(14,18)2/h4,6,13,16-19,22H,1,5,7-12H2,2-3H3. The molecule has 0 saturated heterocycles. The minimum atomic E-state index is -0.186. The minimum absolute atomic E-state index is 0.186. The van der Waals surface area contributed by atoms with Crippen molar-refractivity contribution in [2.24, 2.45) is 28.6 Å². The molecule has 0 radical (unpaired) electrons. The van der Waals surface area contributed by atoms with Crippen molar-refractivity contribution in [3.63, 3.8) is 0 Å². The summed E-state index contributed by atoms with van der Waals surface area (Å²) in [7, 11) is 0. The molecule has 1 nitrogen and oxygen atoms in total. The van der Waals surface area contributed by atoms with E-state index in [2.05, 4.69) is 38.7 Å². The monoisotopic (exact) mass is 298 g/mol. The highest BCUT2D eigenvalue weighted by atomic mass is 16.3. The Bertz CT molecular complexity index is 556. The first kappa shape index (κ1) is 14.8. The smallest absolute Gasteiger partial charge is 0.0724 e. The molecule has 1 heteroatoms. The third-order valence-corrected chi connectivity index (χ3v) is 7.95. The normalized spacial score (nSPS) is 50.3. The lowest BCUT2D eigenvalue weighted by atomic mass is 9.47. The van der Waals surface area contributed by atoms with E-state index in [1.54, 1.807) is 5.57 Å². The summed E-state index contributed by atoms with van der Waals surface area (Å²) in [6.45, 7) is 9.06. The molecule has 6 atom stereocenters. The summed E-state index contributed by atoms with van der Waals surface area (Å²) in [5.41, 5.74) is 3.84. The fraction of sp³-hybridized carbons (Fsp3) is 0.714. The van der Waals surface area contributed by atoms with Gasteiger partial charge < -0.3 is 5.11 Å². The Morgan fingerprint density at radius 3 is 2.68 bits per heavy atom. The van der Waals surface area contributed by atoms with E-state index < -0.39 is 0 Å². The molecule has 0 bridgehead atoms. The average molecular weight is 298 g/mol. The molecule has 0 aromatic heterocycles. The van der Waals surface area contributed by atoms with Gasteiger partial charge in [0.1, 0.15) is 0 Å². The molecule has 0 aliphatic heterocycles. The van der Waals surface area contributed by atoms with Crippen LogP contribution in [-0.2, 0) is 0 Å². The van der Waals surface area contributed by atoms with E-state index in [1.165, 1.54) is 44.1 Å². The van der Waals surface area contributed by atoms with Gasteiger partial charge in [0.15, 0.2) is 0 Å². The van der Waals surface area contributed by atoms with Crippen molar-refractivity contribution in [2.45, 2.75) is 64.9 Å². The first-order valence-electron chi connectivity index (χ1n) is 9.21. The number of hydrogen-bond acceptors (Lipinski definition) is 1. The van der Waals surface area contributed by atoms with Crippen molar-refractivity contribution < 1.29 is 5.11 Å². The number of hydrogen-bond donors (Lipinski definition) is 1. The molecule has 22 heavy (non-hydrogen) atoms. The zero-order valence-electron chi connectivity index (χ0n) is 14.1. The van der Waals surface area contributed by atoms with E-state index in [-0.39, 0.29) is 6.10 Å². The maximum Gasteiger partial charge on any atom is 0.0724 e. The molecule has 4 aliphatic rings. The van der Waals surface area contributed by atoms with Gasteiger partial charge in [0.25, 0.3) is 0 Å². The maximum atomic E-state index is 10.0. The van der Waals surface area contributed by atoms with Crippen LogP contribution in [0.1, 0.15) is 58.8 Å². The summed E-state index contributed by atoms with van der Waals surface area (Å²) >= 11 is 0. The predicted molar refractivity (Wildman–Crippen MR) is 91.4 cm³/mol. The molecular weight excluding hydrogens is 268 g/mol. The van der Waals surface area contributed by atoms with E-state index in [1.807, 2.05) is 0 Å². The zero-order chi connectivity index (χ0) is 15.5. The van der Waals surface area contributed by atoms with Crippen LogP contribution in [0.4, 0.5) is 0 Å². The lowest BCUT2D eigenvalue weighted by Crippen LogP contribution is -2.50. The Hall–Kier alpha value is -0.820. The number of aliphatic hydroxyl groups excluding tert-OH is 1.